The lowest BCUT2D eigenvalue weighted by molar-refractivity contribution is 0.533. The van der Waals surface area contributed by atoms with Crippen LogP contribution in [0, 0.1) is 5.82 Å². The SMILES string of the molecule is Fc1ccc2c(c1)C1(CN=CN1)c1ccccc1-2. The van der Waals surface area contributed by atoms with Gasteiger partial charge in [-0.1, -0.05) is 30.3 Å². The molecule has 4 rings (SSSR count). The molecule has 1 spiro atoms. The summed E-state index contributed by atoms with van der Waals surface area (Å²) in [6, 6.07) is 13.2. The van der Waals surface area contributed by atoms with Crippen molar-refractivity contribution >= 4 is 6.34 Å². The minimum Gasteiger partial charge on any atom is -0.361 e. The van der Waals surface area contributed by atoms with E-state index in [9.17, 15) is 4.39 Å². The van der Waals surface area contributed by atoms with Gasteiger partial charge in [0.25, 0.3) is 0 Å². The average Bonchev–Trinajstić information content (AvgIpc) is 2.98. The van der Waals surface area contributed by atoms with Crippen LogP contribution >= 0.6 is 0 Å². The monoisotopic (exact) mass is 238 g/mol. The molecule has 0 saturated heterocycles. The van der Waals surface area contributed by atoms with Gasteiger partial charge >= 0.3 is 0 Å². The van der Waals surface area contributed by atoms with E-state index in [1.807, 2.05) is 18.2 Å². The molecule has 2 aromatic carbocycles. The molecule has 0 saturated carbocycles. The van der Waals surface area contributed by atoms with Gasteiger partial charge in [0, 0.05) is 0 Å². The number of hydrogen-bond donors (Lipinski definition) is 1. The molecule has 1 unspecified atom stereocenters. The molecule has 0 amide bonds. The number of rotatable bonds is 0. The highest BCUT2D eigenvalue weighted by Crippen LogP contribution is 2.48. The number of nitrogens with one attached hydrogen (secondary N) is 1. The van der Waals surface area contributed by atoms with E-state index in [0.717, 1.165) is 11.1 Å². The van der Waals surface area contributed by atoms with Crippen LogP contribution in [-0.2, 0) is 5.54 Å². The first-order chi connectivity index (χ1) is 8.81. The first-order valence-corrected chi connectivity index (χ1v) is 5.97. The fourth-order valence-electron chi connectivity index (χ4n) is 3.05. The summed E-state index contributed by atoms with van der Waals surface area (Å²) in [4.78, 5) is 4.29. The topological polar surface area (TPSA) is 24.4 Å². The Labute approximate surface area is 104 Å². The highest BCUT2D eigenvalue weighted by Gasteiger charge is 2.44. The molecule has 1 N–H and O–H groups in total. The van der Waals surface area contributed by atoms with Crippen molar-refractivity contribution in [3.05, 3.63) is 59.4 Å². The molecule has 0 fully saturated rings. The summed E-state index contributed by atoms with van der Waals surface area (Å²) in [6.07, 6.45) is 1.72. The lowest BCUT2D eigenvalue weighted by Crippen LogP contribution is -2.39. The molecule has 0 aromatic heterocycles. The van der Waals surface area contributed by atoms with Crippen molar-refractivity contribution in [3.63, 3.8) is 0 Å². The van der Waals surface area contributed by atoms with Gasteiger partial charge in [-0.05, 0) is 34.4 Å². The summed E-state index contributed by atoms with van der Waals surface area (Å²) in [6.45, 7) is 0.625. The third-order valence-corrected chi connectivity index (χ3v) is 3.85. The standard InChI is InChI=1S/C15H11FN2/c16-10-5-6-12-11-3-1-2-4-13(11)15(14(12)7-10)8-17-9-18-15/h1-7,9H,8H2,(H,17,18). The zero-order chi connectivity index (χ0) is 12.2. The van der Waals surface area contributed by atoms with Crippen LogP contribution in [0.25, 0.3) is 11.1 Å². The zero-order valence-corrected chi connectivity index (χ0v) is 9.65. The van der Waals surface area contributed by atoms with Gasteiger partial charge in [-0.2, -0.15) is 0 Å². The summed E-state index contributed by atoms with van der Waals surface area (Å²) >= 11 is 0. The molecule has 1 heterocycles. The molecule has 2 aliphatic rings. The zero-order valence-electron chi connectivity index (χ0n) is 9.65. The predicted octanol–water partition coefficient (Wildman–Crippen LogP) is 2.68. The summed E-state index contributed by atoms with van der Waals surface area (Å²) < 4.78 is 13.6. The Bertz CT molecular complexity index is 668. The van der Waals surface area contributed by atoms with Crippen LogP contribution in [0.1, 0.15) is 11.1 Å². The first kappa shape index (κ1) is 9.83. The molecule has 1 aliphatic carbocycles. The van der Waals surface area contributed by atoms with E-state index in [0.29, 0.717) is 6.54 Å². The van der Waals surface area contributed by atoms with Gasteiger partial charge in [0.1, 0.15) is 11.4 Å². The fourth-order valence-corrected chi connectivity index (χ4v) is 3.05. The maximum atomic E-state index is 13.6. The van der Waals surface area contributed by atoms with Crippen LogP contribution < -0.4 is 5.32 Å². The Morgan fingerprint density at radius 3 is 2.72 bits per heavy atom. The van der Waals surface area contributed by atoms with Crippen molar-refractivity contribution in [2.24, 2.45) is 4.99 Å². The van der Waals surface area contributed by atoms with Gasteiger partial charge in [-0.25, -0.2) is 4.39 Å². The van der Waals surface area contributed by atoms with Crippen molar-refractivity contribution in [2.45, 2.75) is 5.54 Å². The van der Waals surface area contributed by atoms with Gasteiger partial charge in [-0.15, -0.1) is 0 Å². The molecule has 3 heteroatoms. The number of fused-ring (bicyclic) bond motifs is 5. The van der Waals surface area contributed by atoms with E-state index < -0.39 is 0 Å². The summed E-state index contributed by atoms with van der Waals surface area (Å²) in [5, 5.41) is 3.31. The maximum Gasteiger partial charge on any atom is 0.123 e. The highest BCUT2D eigenvalue weighted by atomic mass is 19.1. The quantitative estimate of drug-likeness (QED) is 0.749. The number of hydrogen-bond acceptors (Lipinski definition) is 2. The first-order valence-electron chi connectivity index (χ1n) is 5.97. The van der Waals surface area contributed by atoms with Crippen LogP contribution in [0.5, 0.6) is 0 Å². The van der Waals surface area contributed by atoms with Gasteiger partial charge in [-0.3, -0.25) is 4.99 Å². The number of aliphatic imine (C=N–C) groups is 1. The van der Waals surface area contributed by atoms with E-state index in [-0.39, 0.29) is 11.4 Å². The Hall–Kier alpha value is -2.16. The number of halogens is 1. The van der Waals surface area contributed by atoms with Crippen molar-refractivity contribution < 1.29 is 4.39 Å². The molecule has 18 heavy (non-hydrogen) atoms. The van der Waals surface area contributed by atoms with Crippen molar-refractivity contribution in [3.8, 4) is 11.1 Å². The molecule has 88 valence electrons. The predicted molar refractivity (Wildman–Crippen MR) is 69.1 cm³/mol. The van der Waals surface area contributed by atoms with Crippen LogP contribution in [0.4, 0.5) is 4.39 Å². The summed E-state index contributed by atoms with van der Waals surface area (Å²) in [5.41, 5.74) is 4.08. The van der Waals surface area contributed by atoms with Crippen molar-refractivity contribution in [1.29, 1.82) is 0 Å². The summed E-state index contributed by atoms with van der Waals surface area (Å²) in [7, 11) is 0. The Morgan fingerprint density at radius 2 is 1.89 bits per heavy atom. The lowest BCUT2D eigenvalue weighted by Gasteiger charge is -2.26. The summed E-state index contributed by atoms with van der Waals surface area (Å²) in [5.74, 6) is -0.199. The van der Waals surface area contributed by atoms with Crippen LogP contribution in [0.3, 0.4) is 0 Å². The van der Waals surface area contributed by atoms with Crippen LogP contribution in [0.15, 0.2) is 47.5 Å². The van der Waals surface area contributed by atoms with Crippen molar-refractivity contribution in [1.82, 2.24) is 5.32 Å². The minimum atomic E-state index is -0.367. The lowest BCUT2D eigenvalue weighted by atomic mass is 9.88. The van der Waals surface area contributed by atoms with Gasteiger partial charge in [0.15, 0.2) is 0 Å². The number of benzene rings is 2. The molecular weight excluding hydrogens is 227 g/mol. The van der Waals surface area contributed by atoms with Gasteiger partial charge in [0.05, 0.1) is 12.9 Å². The second kappa shape index (κ2) is 3.19. The van der Waals surface area contributed by atoms with E-state index in [2.05, 4.69) is 22.4 Å². The Morgan fingerprint density at radius 1 is 1.06 bits per heavy atom. The molecule has 2 nitrogen and oxygen atoms in total. The van der Waals surface area contributed by atoms with E-state index in [1.165, 1.54) is 17.2 Å². The maximum absolute atomic E-state index is 13.6. The van der Waals surface area contributed by atoms with E-state index >= 15 is 0 Å². The Kier molecular flexibility index (Phi) is 1.74. The minimum absolute atomic E-state index is 0.199. The van der Waals surface area contributed by atoms with E-state index in [4.69, 9.17) is 0 Å². The molecule has 2 aromatic rings. The second-order valence-corrected chi connectivity index (χ2v) is 4.75. The van der Waals surface area contributed by atoms with Crippen LogP contribution in [0.2, 0.25) is 0 Å². The average molecular weight is 238 g/mol. The molecule has 0 radical (unpaired) electrons. The van der Waals surface area contributed by atoms with Gasteiger partial charge < -0.3 is 5.32 Å². The highest BCUT2D eigenvalue weighted by molar-refractivity contribution is 5.83. The third-order valence-electron chi connectivity index (χ3n) is 3.85. The largest absolute Gasteiger partial charge is 0.361 e. The second-order valence-electron chi connectivity index (χ2n) is 4.75. The van der Waals surface area contributed by atoms with E-state index in [1.54, 1.807) is 12.4 Å². The Balaban J connectivity index is 2.08. The molecular formula is C15H11FN2. The van der Waals surface area contributed by atoms with Crippen LogP contribution in [-0.4, -0.2) is 12.9 Å². The molecule has 1 atom stereocenters. The van der Waals surface area contributed by atoms with Gasteiger partial charge in [0.2, 0.25) is 0 Å². The third kappa shape index (κ3) is 1.04. The smallest absolute Gasteiger partial charge is 0.123 e. The number of nitrogens with zero attached hydrogens (tertiary/aromatic N) is 1. The fraction of sp³-hybridized carbons (Fsp3) is 0.133. The molecule has 1 aliphatic heterocycles. The normalized spacial score (nSPS) is 22.9. The molecule has 0 bridgehead atoms. The van der Waals surface area contributed by atoms with Crippen molar-refractivity contribution in [2.75, 3.05) is 6.54 Å².